The Morgan fingerprint density at radius 2 is 1.83 bits per heavy atom. The molecule has 5 nitrogen and oxygen atoms in total. The molecular formula is C24H23N3O2S. The summed E-state index contributed by atoms with van der Waals surface area (Å²) in [7, 11) is 0. The van der Waals surface area contributed by atoms with Gasteiger partial charge in [-0.3, -0.25) is 14.2 Å². The summed E-state index contributed by atoms with van der Waals surface area (Å²) >= 11 is 1.43. The molecule has 0 aliphatic heterocycles. The quantitative estimate of drug-likeness (QED) is 0.520. The first-order valence-electron chi connectivity index (χ1n) is 9.75. The van der Waals surface area contributed by atoms with E-state index in [1.807, 2.05) is 48.7 Å². The minimum atomic E-state index is -0.822. The van der Waals surface area contributed by atoms with Crippen molar-refractivity contribution in [3.05, 3.63) is 74.9 Å². The second kappa shape index (κ2) is 7.54. The van der Waals surface area contributed by atoms with Crippen molar-refractivity contribution in [3.8, 4) is 22.5 Å². The Hall–Kier alpha value is -3.25. The van der Waals surface area contributed by atoms with Gasteiger partial charge in [-0.1, -0.05) is 42.0 Å². The molecule has 30 heavy (non-hydrogen) atoms. The SMILES string of the molecule is Cc1cccc(-c2nc3scc(-c4ccc(C)c(C)c4)c3c(=O)n2C(C)C(N)=O)c1. The Morgan fingerprint density at radius 3 is 2.50 bits per heavy atom. The monoisotopic (exact) mass is 417 g/mol. The second-order valence-electron chi connectivity index (χ2n) is 7.69. The number of carbonyl (C=O) groups excluding carboxylic acids is 1. The topological polar surface area (TPSA) is 78.0 Å². The minimum absolute atomic E-state index is 0.253. The van der Waals surface area contributed by atoms with Gasteiger partial charge >= 0.3 is 0 Å². The Morgan fingerprint density at radius 1 is 1.07 bits per heavy atom. The standard InChI is InChI=1S/C24H23N3O2S/c1-13-6-5-7-18(10-13)22-26-23-20(24(29)27(22)16(4)21(25)28)19(12-30-23)17-9-8-14(2)15(3)11-17/h5-12,16H,1-4H3,(H2,25,28). The van der Waals surface area contributed by atoms with Gasteiger partial charge in [-0.15, -0.1) is 11.3 Å². The molecule has 4 aromatic rings. The molecule has 2 aromatic heterocycles. The molecule has 1 amide bonds. The van der Waals surface area contributed by atoms with Gasteiger partial charge in [0.25, 0.3) is 5.56 Å². The van der Waals surface area contributed by atoms with Crippen molar-refractivity contribution in [2.75, 3.05) is 0 Å². The molecule has 4 rings (SSSR count). The first-order chi connectivity index (χ1) is 14.3. The third-order valence-electron chi connectivity index (χ3n) is 5.53. The van der Waals surface area contributed by atoms with E-state index < -0.39 is 11.9 Å². The van der Waals surface area contributed by atoms with Gasteiger partial charge in [-0.2, -0.15) is 0 Å². The zero-order chi connectivity index (χ0) is 21.6. The summed E-state index contributed by atoms with van der Waals surface area (Å²) in [6.07, 6.45) is 0. The van der Waals surface area contributed by atoms with E-state index in [0.29, 0.717) is 16.0 Å². The molecule has 2 heterocycles. The van der Waals surface area contributed by atoms with Crippen LogP contribution in [0.1, 0.15) is 29.7 Å². The zero-order valence-corrected chi connectivity index (χ0v) is 18.2. The average Bonchev–Trinajstić information content (AvgIpc) is 3.14. The van der Waals surface area contributed by atoms with Crippen LogP contribution < -0.4 is 11.3 Å². The number of aryl methyl sites for hydroxylation is 3. The molecule has 2 aromatic carbocycles. The number of nitrogens with zero attached hydrogens (tertiary/aromatic N) is 2. The summed E-state index contributed by atoms with van der Waals surface area (Å²) < 4.78 is 1.43. The summed E-state index contributed by atoms with van der Waals surface area (Å²) in [5, 5.41) is 2.48. The molecule has 0 saturated heterocycles. The van der Waals surface area contributed by atoms with Gasteiger partial charge in [0.05, 0.1) is 5.39 Å². The first kappa shape index (κ1) is 20.0. The van der Waals surface area contributed by atoms with Crippen LogP contribution in [0.3, 0.4) is 0 Å². The number of thiophene rings is 1. The molecule has 1 atom stereocenters. The normalized spacial score (nSPS) is 12.3. The van der Waals surface area contributed by atoms with Crippen LogP contribution in [-0.4, -0.2) is 15.5 Å². The molecule has 152 valence electrons. The summed E-state index contributed by atoms with van der Waals surface area (Å²) in [5.74, 6) is -0.119. The van der Waals surface area contributed by atoms with Crippen LogP contribution in [0.15, 0.2) is 52.6 Å². The molecule has 0 fully saturated rings. The van der Waals surface area contributed by atoms with E-state index in [2.05, 4.69) is 19.9 Å². The molecule has 0 aliphatic carbocycles. The first-order valence-corrected chi connectivity index (χ1v) is 10.6. The van der Waals surface area contributed by atoms with E-state index in [4.69, 9.17) is 10.7 Å². The number of aromatic nitrogens is 2. The molecule has 0 saturated carbocycles. The van der Waals surface area contributed by atoms with Crippen LogP contribution in [0.2, 0.25) is 0 Å². The zero-order valence-electron chi connectivity index (χ0n) is 17.4. The van der Waals surface area contributed by atoms with Crippen molar-refractivity contribution < 1.29 is 4.79 Å². The van der Waals surface area contributed by atoms with Crippen molar-refractivity contribution in [2.24, 2.45) is 5.73 Å². The number of rotatable bonds is 4. The van der Waals surface area contributed by atoms with E-state index in [-0.39, 0.29) is 5.56 Å². The highest BCUT2D eigenvalue weighted by Crippen LogP contribution is 2.34. The summed E-state index contributed by atoms with van der Waals surface area (Å²) in [6.45, 7) is 7.72. The summed E-state index contributed by atoms with van der Waals surface area (Å²) in [4.78, 5) is 31.2. The van der Waals surface area contributed by atoms with E-state index >= 15 is 0 Å². The number of benzene rings is 2. The second-order valence-corrected chi connectivity index (χ2v) is 8.55. The largest absolute Gasteiger partial charge is 0.368 e. The highest BCUT2D eigenvalue weighted by molar-refractivity contribution is 7.17. The highest BCUT2D eigenvalue weighted by atomic mass is 32.1. The Kier molecular flexibility index (Phi) is 5.03. The van der Waals surface area contributed by atoms with Crippen LogP contribution in [0, 0.1) is 20.8 Å². The van der Waals surface area contributed by atoms with Crippen LogP contribution in [-0.2, 0) is 4.79 Å². The number of carbonyl (C=O) groups is 1. The third kappa shape index (κ3) is 3.33. The van der Waals surface area contributed by atoms with Crippen molar-refractivity contribution in [1.29, 1.82) is 0 Å². The van der Waals surface area contributed by atoms with Crippen LogP contribution in [0.5, 0.6) is 0 Å². The summed E-state index contributed by atoms with van der Waals surface area (Å²) in [6, 6.07) is 13.1. The predicted molar refractivity (Wildman–Crippen MR) is 123 cm³/mol. The summed E-state index contributed by atoms with van der Waals surface area (Å²) in [5.41, 5.74) is 11.3. The van der Waals surface area contributed by atoms with Crippen molar-refractivity contribution >= 4 is 27.5 Å². The van der Waals surface area contributed by atoms with Crippen molar-refractivity contribution in [3.63, 3.8) is 0 Å². The average molecular weight is 418 g/mol. The van der Waals surface area contributed by atoms with E-state index in [1.54, 1.807) is 6.92 Å². The third-order valence-corrected chi connectivity index (χ3v) is 6.41. The van der Waals surface area contributed by atoms with Gasteiger partial charge < -0.3 is 5.73 Å². The molecule has 0 aliphatic rings. The Balaban J connectivity index is 2.06. The Labute approximate surface area is 178 Å². The number of hydrogen-bond acceptors (Lipinski definition) is 4. The molecule has 2 N–H and O–H groups in total. The van der Waals surface area contributed by atoms with Crippen LogP contribution in [0.25, 0.3) is 32.7 Å². The van der Waals surface area contributed by atoms with Gasteiger partial charge in [-0.25, -0.2) is 4.98 Å². The van der Waals surface area contributed by atoms with E-state index in [0.717, 1.165) is 27.8 Å². The molecule has 0 bridgehead atoms. The number of primary amides is 1. The maximum absolute atomic E-state index is 13.7. The van der Waals surface area contributed by atoms with Crippen LogP contribution >= 0.6 is 11.3 Å². The lowest BCUT2D eigenvalue weighted by Crippen LogP contribution is -2.33. The lowest BCUT2D eigenvalue weighted by Gasteiger charge is -2.17. The van der Waals surface area contributed by atoms with Crippen molar-refractivity contribution in [2.45, 2.75) is 33.7 Å². The fraction of sp³-hybridized carbons (Fsp3) is 0.208. The molecule has 0 spiro atoms. The van der Waals surface area contributed by atoms with Gasteiger partial charge in [-0.05, 0) is 50.5 Å². The number of amides is 1. The van der Waals surface area contributed by atoms with Gasteiger partial charge in [0, 0.05) is 16.5 Å². The number of hydrogen-bond donors (Lipinski definition) is 1. The van der Waals surface area contributed by atoms with Gasteiger partial charge in [0.15, 0.2) is 0 Å². The van der Waals surface area contributed by atoms with Gasteiger partial charge in [0.2, 0.25) is 5.91 Å². The molecular weight excluding hydrogens is 394 g/mol. The smallest absolute Gasteiger partial charge is 0.263 e. The fourth-order valence-corrected chi connectivity index (χ4v) is 4.54. The Bertz CT molecular complexity index is 1350. The number of fused-ring (bicyclic) bond motifs is 1. The lowest BCUT2D eigenvalue weighted by molar-refractivity contribution is -0.120. The van der Waals surface area contributed by atoms with Crippen LogP contribution in [0.4, 0.5) is 0 Å². The number of nitrogens with two attached hydrogens (primary N) is 1. The van der Waals surface area contributed by atoms with Gasteiger partial charge in [0.1, 0.15) is 16.7 Å². The lowest BCUT2D eigenvalue weighted by atomic mass is 10.0. The van der Waals surface area contributed by atoms with Crippen molar-refractivity contribution in [1.82, 2.24) is 9.55 Å². The maximum atomic E-state index is 13.7. The van der Waals surface area contributed by atoms with E-state index in [1.165, 1.54) is 21.5 Å². The minimum Gasteiger partial charge on any atom is -0.368 e. The van der Waals surface area contributed by atoms with E-state index in [9.17, 15) is 9.59 Å². The molecule has 1 unspecified atom stereocenters. The highest BCUT2D eigenvalue weighted by Gasteiger charge is 2.23. The molecule has 6 heteroatoms. The predicted octanol–water partition coefficient (Wildman–Crippen LogP) is 4.76. The fourth-order valence-electron chi connectivity index (χ4n) is 3.60. The molecule has 0 radical (unpaired) electrons. The maximum Gasteiger partial charge on any atom is 0.263 e.